The minimum absolute atomic E-state index is 0.101. The van der Waals surface area contributed by atoms with E-state index in [4.69, 9.17) is 0 Å². The maximum atomic E-state index is 13.5. The summed E-state index contributed by atoms with van der Waals surface area (Å²) in [7, 11) is 0. The molecule has 178 valence electrons. The number of carboxylic acids is 1. The lowest BCUT2D eigenvalue weighted by Gasteiger charge is -2.53. The van der Waals surface area contributed by atoms with Crippen molar-refractivity contribution in [3.8, 4) is 0 Å². The van der Waals surface area contributed by atoms with Crippen molar-refractivity contribution >= 4 is 16.9 Å². The third-order valence-corrected chi connectivity index (χ3v) is 8.53. The molecule has 0 amide bonds. The van der Waals surface area contributed by atoms with Gasteiger partial charge in [0.15, 0.2) is 0 Å². The number of nitrogens with zero attached hydrogens (tertiary/aromatic N) is 3. The highest BCUT2D eigenvalue weighted by molar-refractivity contribution is 5.87. The van der Waals surface area contributed by atoms with Gasteiger partial charge in [-0.1, -0.05) is 51.7 Å². The standard InChI is InChI=1S/C27H37N3O3/c1-17-7-5-8-18(2)14-21(13-17)29-19-9-6-10-20(29)16-22(15-19)30-25(27(32)33)28-24-12-4-3-11-23(24)26(30)31/h3-4,11-12,17-22H,5-10,13-16H2,1-2H3,(H,32,33). The highest BCUT2D eigenvalue weighted by Crippen LogP contribution is 2.43. The number of aromatic carboxylic acids is 1. The van der Waals surface area contributed by atoms with Crippen molar-refractivity contribution in [1.29, 1.82) is 0 Å². The molecule has 2 bridgehead atoms. The maximum absolute atomic E-state index is 13.5. The van der Waals surface area contributed by atoms with Gasteiger partial charge >= 0.3 is 5.97 Å². The Morgan fingerprint density at radius 1 is 0.879 bits per heavy atom. The van der Waals surface area contributed by atoms with Gasteiger partial charge in [-0.25, -0.2) is 9.78 Å². The lowest BCUT2D eigenvalue weighted by molar-refractivity contribution is -0.0341. The Kier molecular flexibility index (Phi) is 6.30. The van der Waals surface area contributed by atoms with Crippen LogP contribution in [0, 0.1) is 11.8 Å². The molecule has 1 aromatic carbocycles. The third kappa shape index (κ3) is 4.34. The molecule has 6 nitrogen and oxygen atoms in total. The number of aromatic nitrogens is 2. The molecule has 1 N–H and O–H groups in total. The van der Waals surface area contributed by atoms with Crippen LogP contribution in [0.4, 0.5) is 0 Å². The largest absolute Gasteiger partial charge is 0.475 e. The summed E-state index contributed by atoms with van der Waals surface area (Å²) in [6.07, 6.45) is 11.7. The normalized spacial score (nSPS) is 33.4. The van der Waals surface area contributed by atoms with Crippen molar-refractivity contribution in [1.82, 2.24) is 14.5 Å². The van der Waals surface area contributed by atoms with E-state index in [1.165, 1.54) is 43.1 Å². The van der Waals surface area contributed by atoms with Crippen LogP contribution < -0.4 is 5.56 Å². The second-order valence-corrected chi connectivity index (χ2v) is 11.0. The van der Waals surface area contributed by atoms with Crippen LogP contribution in [0.2, 0.25) is 0 Å². The number of hydrogen-bond donors (Lipinski definition) is 1. The molecule has 4 atom stereocenters. The molecule has 1 aromatic heterocycles. The van der Waals surface area contributed by atoms with Crippen molar-refractivity contribution in [3.05, 3.63) is 40.4 Å². The molecular formula is C27H37N3O3. The van der Waals surface area contributed by atoms with E-state index >= 15 is 0 Å². The van der Waals surface area contributed by atoms with Crippen molar-refractivity contribution in [2.75, 3.05) is 0 Å². The van der Waals surface area contributed by atoms with Crippen LogP contribution in [0.15, 0.2) is 29.1 Å². The molecule has 2 aromatic rings. The van der Waals surface area contributed by atoms with Gasteiger partial charge in [-0.15, -0.1) is 0 Å². The summed E-state index contributed by atoms with van der Waals surface area (Å²) in [5.74, 6) is 0.287. The van der Waals surface area contributed by atoms with Gasteiger partial charge in [-0.05, 0) is 62.5 Å². The molecule has 1 aliphatic carbocycles. The first-order valence-corrected chi connectivity index (χ1v) is 12.9. The first-order valence-electron chi connectivity index (χ1n) is 12.9. The van der Waals surface area contributed by atoms with E-state index in [0.29, 0.717) is 29.0 Å². The van der Waals surface area contributed by atoms with Gasteiger partial charge in [-0.2, -0.15) is 0 Å². The molecule has 33 heavy (non-hydrogen) atoms. The number of carbonyl (C=O) groups is 1. The Hall–Kier alpha value is -2.21. The third-order valence-electron chi connectivity index (χ3n) is 8.53. The zero-order valence-corrected chi connectivity index (χ0v) is 19.9. The van der Waals surface area contributed by atoms with Crippen LogP contribution in [0.5, 0.6) is 0 Å². The fourth-order valence-corrected chi connectivity index (χ4v) is 7.15. The lowest BCUT2D eigenvalue weighted by atomic mass is 9.76. The van der Waals surface area contributed by atoms with E-state index in [1.54, 1.807) is 18.2 Å². The van der Waals surface area contributed by atoms with E-state index in [1.807, 2.05) is 6.07 Å². The van der Waals surface area contributed by atoms with Gasteiger partial charge in [0.2, 0.25) is 5.82 Å². The van der Waals surface area contributed by atoms with Gasteiger partial charge in [-0.3, -0.25) is 14.3 Å². The molecular weight excluding hydrogens is 414 g/mol. The van der Waals surface area contributed by atoms with Crippen LogP contribution in [-0.2, 0) is 0 Å². The summed E-state index contributed by atoms with van der Waals surface area (Å²) >= 11 is 0. The second kappa shape index (κ2) is 9.21. The highest BCUT2D eigenvalue weighted by Gasteiger charge is 2.43. The summed E-state index contributed by atoms with van der Waals surface area (Å²) in [5, 5.41) is 10.4. The van der Waals surface area contributed by atoms with Gasteiger partial charge in [0, 0.05) is 24.2 Å². The number of rotatable bonds is 3. The molecule has 2 saturated heterocycles. The first kappa shape index (κ1) is 22.6. The van der Waals surface area contributed by atoms with Crippen molar-refractivity contribution in [2.45, 2.75) is 102 Å². The SMILES string of the molecule is CC1CCCC(C)CC(N2C3CCCC2CC(n2c(C(=O)O)nc4ccccc4c2=O)C3)C1. The van der Waals surface area contributed by atoms with E-state index in [2.05, 4.69) is 23.7 Å². The van der Waals surface area contributed by atoms with E-state index in [-0.39, 0.29) is 17.4 Å². The molecule has 3 heterocycles. The highest BCUT2D eigenvalue weighted by atomic mass is 16.4. The van der Waals surface area contributed by atoms with Crippen molar-refractivity contribution < 1.29 is 9.90 Å². The van der Waals surface area contributed by atoms with E-state index < -0.39 is 5.97 Å². The quantitative estimate of drug-likeness (QED) is 0.689. The maximum Gasteiger partial charge on any atom is 0.372 e. The predicted molar refractivity (Wildman–Crippen MR) is 130 cm³/mol. The smallest absolute Gasteiger partial charge is 0.372 e. The Labute approximate surface area is 196 Å². The van der Waals surface area contributed by atoms with E-state index in [9.17, 15) is 14.7 Å². The molecule has 5 rings (SSSR count). The molecule has 2 aliphatic heterocycles. The zero-order valence-electron chi connectivity index (χ0n) is 19.9. The molecule has 0 spiro atoms. The summed E-state index contributed by atoms with van der Waals surface area (Å²) in [4.78, 5) is 32.8. The lowest BCUT2D eigenvalue weighted by Crippen LogP contribution is -2.58. The topological polar surface area (TPSA) is 75.4 Å². The fourth-order valence-electron chi connectivity index (χ4n) is 7.15. The number of carboxylic acid groups (broad SMARTS) is 1. The first-order chi connectivity index (χ1) is 15.9. The minimum Gasteiger partial charge on any atom is -0.475 e. The second-order valence-electron chi connectivity index (χ2n) is 11.0. The van der Waals surface area contributed by atoms with Crippen molar-refractivity contribution in [3.63, 3.8) is 0 Å². The summed E-state index contributed by atoms with van der Waals surface area (Å²) in [5.41, 5.74) is 0.258. The van der Waals surface area contributed by atoms with Crippen LogP contribution in [0.25, 0.3) is 10.9 Å². The molecule has 1 saturated carbocycles. The van der Waals surface area contributed by atoms with Gasteiger partial charge < -0.3 is 5.11 Å². The number of fused-ring (bicyclic) bond motifs is 3. The van der Waals surface area contributed by atoms with Gasteiger partial charge in [0.25, 0.3) is 5.56 Å². The van der Waals surface area contributed by atoms with E-state index in [0.717, 1.165) is 37.5 Å². The number of para-hydroxylation sites is 1. The number of hydrogen-bond acceptors (Lipinski definition) is 4. The zero-order chi connectivity index (χ0) is 23.1. The fraction of sp³-hybridized carbons (Fsp3) is 0.667. The monoisotopic (exact) mass is 451 g/mol. The molecule has 3 fully saturated rings. The summed E-state index contributed by atoms with van der Waals surface area (Å²) in [6, 6.07) is 8.46. The van der Waals surface area contributed by atoms with Crippen LogP contribution in [0.3, 0.4) is 0 Å². The van der Waals surface area contributed by atoms with Crippen molar-refractivity contribution in [2.24, 2.45) is 11.8 Å². The molecule has 0 radical (unpaired) electrons. The Bertz CT molecular complexity index is 1050. The molecule has 6 heteroatoms. The Morgan fingerprint density at radius 3 is 2.12 bits per heavy atom. The average Bonchev–Trinajstić information content (AvgIpc) is 2.76. The summed E-state index contributed by atoms with van der Waals surface area (Å²) < 4.78 is 1.52. The predicted octanol–water partition coefficient (Wildman–Crippen LogP) is 5.26. The van der Waals surface area contributed by atoms with Crippen LogP contribution in [0.1, 0.15) is 94.7 Å². The molecule has 3 aliphatic rings. The summed E-state index contributed by atoms with van der Waals surface area (Å²) in [6.45, 7) is 4.82. The van der Waals surface area contributed by atoms with Gasteiger partial charge in [0.05, 0.1) is 10.9 Å². The van der Waals surface area contributed by atoms with Gasteiger partial charge in [0.1, 0.15) is 0 Å². The minimum atomic E-state index is -1.12. The average molecular weight is 452 g/mol. The number of piperidine rings is 2. The molecule has 4 unspecified atom stereocenters. The van der Waals surface area contributed by atoms with Crippen LogP contribution in [-0.4, -0.2) is 43.7 Å². The Balaban J connectivity index is 1.49. The van der Waals surface area contributed by atoms with Crippen LogP contribution >= 0.6 is 0 Å². The Morgan fingerprint density at radius 2 is 1.48 bits per heavy atom. The number of benzene rings is 1.